The minimum atomic E-state index is -0.744. The molecular formula is C16H19ClN4O4. The molecule has 2 rings (SSSR count). The van der Waals surface area contributed by atoms with E-state index in [0.29, 0.717) is 5.82 Å². The summed E-state index contributed by atoms with van der Waals surface area (Å²) >= 11 is 5.91. The van der Waals surface area contributed by atoms with Gasteiger partial charge in [0.1, 0.15) is 17.1 Å². The van der Waals surface area contributed by atoms with Gasteiger partial charge in [-0.15, -0.1) is 0 Å². The predicted molar refractivity (Wildman–Crippen MR) is 93.9 cm³/mol. The van der Waals surface area contributed by atoms with Crippen molar-refractivity contribution in [3.05, 3.63) is 35.0 Å². The molecular weight excluding hydrogens is 348 g/mol. The highest BCUT2D eigenvalue weighted by Crippen LogP contribution is 2.29. The normalized spacial score (nSPS) is 10.6. The number of nitrogens with zero attached hydrogens (tertiary/aromatic N) is 2. The Morgan fingerprint density at radius 2 is 2.12 bits per heavy atom. The molecule has 8 nitrogen and oxygen atoms in total. The largest absolute Gasteiger partial charge is 0.496 e. The number of methoxy groups -OCH3 is 1. The number of rotatable bonds is 6. The van der Waals surface area contributed by atoms with Gasteiger partial charge in [-0.3, -0.25) is 4.79 Å². The molecule has 2 aromatic rings. The maximum Gasteiger partial charge on any atom is 0.342 e. The van der Waals surface area contributed by atoms with E-state index in [1.165, 1.54) is 19.2 Å². The van der Waals surface area contributed by atoms with E-state index < -0.39 is 18.5 Å². The third-order valence-electron chi connectivity index (χ3n) is 3.30. The Hall–Kier alpha value is -2.74. The summed E-state index contributed by atoms with van der Waals surface area (Å²) in [4.78, 5) is 24.2. The third-order valence-corrected chi connectivity index (χ3v) is 3.63. The van der Waals surface area contributed by atoms with Crippen LogP contribution in [0.25, 0.3) is 0 Å². The number of nitrogen functional groups attached to an aromatic ring is 1. The first-order valence-electron chi connectivity index (χ1n) is 7.47. The van der Waals surface area contributed by atoms with Crippen molar-refractivity contribution in [3.63, 3.8) is 0 Å². The minimum Gasteiger partial charge on any atom is -0.496 e. The van der Waals surface area contributed by atoms with Gasteiger partial charge in [-0.2, -0.15) is 5.10 Å². The Kier molecular flexibility index (Phi) is 5.87. The van der Waals surface area contributed by atoms with Gasteiger partial charge in [0.25, 0.3) is 5.91 Å². The summed E-state index contributed by atoms with van der Waals surface area (Å²) in [5.74, 6) is -0.503. The molecule has 0 radical (unpaired) electrons. The molecule has 0 aliphatic carbocycles. The van der Waals surface area contributed by atoms with Gasteiger partial charge >= 0.3 is 5.97 Å². The number of nitrogens with two attached hydrogens (primary N) is 1. The van der Waals surface area contributed by atoms with Gasteiger partial charge in [0.15, 0.2) is 6.61 Å². The molecule has 0 aliphatic heterocycles. The lowest BCUT2D eigenvalue weighted by Crippen LogP contribution is -2.23. The van der Waals surface area contributed by atoms with Crippen molar-refractivity contribution in [2.45, 2.75) is 19.9 Å². The van der Waals surface area contributed by atoms with Crippen molar-refractivity contribution in [2.75, 3.05) is 24.8 Å². The fourth-order valence-electron chi connectivity index (χ4n) is 2.11. The molecule has 25 heavy (non-hydrogen) atoms. The molecule has 0 aliphatic rings. The number of anilines is 2. The molecule has 3 N–H and O–H groups in total. The molecule has 0 bridgehead atoms. The number of halogens is 1. The Bertz CT molecular complexity index is 788. The second kappa shape index (κ2) is 7.89. The molecule has 0 fully saturated rings. The number of amides is 1. The number of nitrogens with one attached hydrogen (secondary N) is 1. The van der Waals surface area contributed by atoms with E-state index in [9.17, 15) is 9.59 Å². The van der Waals surface area contributed by atoms with E-state index in [1.807, 2.05) is 13.8 Å². The molecule has 1 heterocycles. The maximum atomic E-state index is 12.2. The fraction of sp³-hybridized carbons (Fsp3) is 0.312. The zero-order valence-electron chi connectivity index (χ0n) is 14.1. The lowest BCUT2D eigenvalue weighted by molar-refractivity contribution is -0.119. The van der Waals surface area contributed by atoms with Gasteiger partial charge in [-0.1, -0.05) is 11.6 Å². The number of ether oxygens (including phenoxy) is 2. The second-order valence-electron chi connectivity index (χ2n) is 5.45. The zero-order chi connectivity index (χ0) is 18.6. The zero-order valence-corrected chi connectivity index (χ0v) is 14.8. The molecule has 0 saturated carbocycles. The van der Waals surface area contributed by atoms with E-state index in [2.05, 4.69) is 10.4 Å². The molecule has 1 aromatic heterocycles. The summed E-state index contributed by atoms with van der Waals surface area (Å²) in [6, 6.07) is 4.49. The average molecular weight is 367 g/mol. The Morgan fingerprint density at radius 3 is 2.76 bits per heavy atom. The topological polar surface area (TPSA) is 108 Å². The van der Waals surface area contributed by atoms with Crippen molar-refractivity contribution in [3.8, 4) is 5.75 Å². The molecule has 1 aromatic carbocycles. The first-order valence-corrected chi connectivity index (χ1v) is 7.84. The highest BCUT2D eigenvalue weighted by molar-refractivity contribution is 6.33. The van der Waals surface area contributed by atoms with Crippen molar-refractivity contribution >= 4 is 35.0 Å². The monoisotopic (exact) mass is 366 g/mol. The van der Waals surface area contributed by atoms with Crippen molar-refractivity contribution < 1.29 is 19.1 Å². The van der Waals surface area contributed by atoms with Crippen LogP contribution >= 0.6 is 11.6 Å². The highest BCUT2D eigenvalue weighted by Gasteiger charge is 2.18. The summed E-state index contributed by atoms with van der Waals surface area (Å²) in [5.41, 5.74) is 6.02. The maximum absolute atomic E-state index is 12.2. The SMILES string of the molecule is COc1cc(N)c(Cl)cc1C(=O)OCC(=O)Nc1ccnn1C(C)C. The molecule has 0 unspecified atom stereocenters. The van der Waals surface area contributed by atoms with Crippen LogP contribution in [0, 0.1) is 0 Å². The van der Waals surface area contributed by atoms with Crippen LogP contribution in [0.4, 0.5) is 11.5 Å². The summed E-state index contributed by atoms with van der Waals surface area (Å²) in [6.45, 7) is 3.40. The molecule has 1 amide bonds. The Labute approximate surface area is 149 Å². The first-order chi connectivity index (χ1) is 11.8. The quantitative estimate of drug-likeness (QED) is 0.600. The van der Waals surface area contributed by atoms with E-state index >= 15 is 0 Å². The van der Waals surface area contributed by atoms with Crippen LogP contribution in [0.15, 0.2) is 24.4 Å². The van der Waals surface area contributed by atoms with E-state index in [1.54, 1.807) is 16.9 Å². The Morgan fingerprint density at radius 1 is 1.40 bits per heavy atom. The van der Waals surface area contributed by atoms with Gasteiger partial charge in [-0.05, 0) is 19.9 Å². The molecule has 9 heteroatoms. The Balaban J connectivity index is 2.01. The van der Waals surface area contributed by atoms with E-state index in [0.717, 1.165) is 0 Å². The lowest BCUT2D eigenvalue weighted by atomic mass is 10.2. The standard InChI is InChI=1S/C16H19ClN4O4/c1-9(2)21-14(4-5-19-21)20-15(22)8-25-16(23)10-6-11(17)12(18)7-13(10)24-3/h4-7,9H,8,18H2,1-3H3,(H,20,22). The first kappa shape index (κ1) is 18.6. The lowest BCUT2D eigenvalue weighted by Gasteiger charge is -2.13. The van der Waals surface area contributed by atoms with Crippen LogP contribution in [0.2, 0.25) is 5.02 Å². The predicted octanol–water partition coefficient (Wildman–Crippen LogP) is 2.50. The number of hydrogen-bond acceptors (Lipinski definition) is 6. The second-order valence-corrected chi connectivity index (χ2v) is 5.86. The van der Waals surface area contributed by atoms with Crippen molar-refractivity contribution in [1.82, 2.24) is 9.78 Å². The van der Waals surface area contributed by atoms with Crippen molar-refractivity contribution in [2.24, 2.45) is 0 Å². The van der Waals surface area contributed by atoms with Crippen LogP contribution in [0.3, 0.4) is 0 Å². The molecule has 0 saturated heterocycles. The minimum absolute atomic E-state index is 0.0778. The van der Waals surface area contributed by atoms with Crippen LogP contribution in [0.5, 0.6) is 5.75 Å². The summed E-state index contributed by atoms with van der Waals surface area (Å²) in [5, 5.41) is 6.93. The number of carbonyl (C=O) groups excluding carboxylic acids is 2. The summed E-state index contributed by atoms with van der Waals surface area (Å²) in [6.07, 6.45) is 1.57. The number of hydrogen-bond donors (Lipinski definition) is 2. The highest BCUT2D eigenvalue weighted by atomic mass is 35.5. The van der Waals surface area contributed by atoms with E-state index in [-0.39, 0.29) is 28.1 Å². The summed E-state index contributed by atoms with van der Waals surface area (Å²) < 4.78 is 11.7. The number of benzene rings is 1. The number of carbonyl (C=O) groups is 2. The van der Waals surface area contributed by atoms with E-state index in [4.69, 9.17) is 26.8 Å². The van der Waals surface area contributed by atoms with Gasteiger partial charge < -0.3 is 20.5 Å². The van der Waals surface area contributed by atoms with Crippen LogP contribution in [-0.2, 0) is 9.53 Å². The van der Waals surface area contributed by atoms with Gasteiger partial charge in [-0.25, -0.2) is 9.48 Å². The van der Waals surface area contributed by atoms with Crippen LogP contribution in [-0.4, -0.2) is 35.4 Å². The van der Waals surface area contributed by atoms with Gasteiger partial charge in [0, 0.05) is 18.2 Å². The number of esters is 1. The van der Waals surface area contributed by atoms with Gasteiger partial charge in [0.2, 0.25) is 0 Å². The molecule has 0 spiro atoms. The third kappa shape index (κ3) is 4.42. The van der Waals surface area contributed by atoms with Crippen molar-refractivity contribution in [1.29, 1.82) is 0 Å². The van der Waals surface area contributed by atoms with Crippen LogP contribution in [0.1, 0.15) is 30.2 Å². The van der Waals surface area contributed by atoms with Crippen LogP contribution < -0.4 is 15.8 Å². The number of aromatic nitrogens is 2. The fourth-order valence-corrected chi connectivity index (χ4v) is 2.27. The summed E-state index contributed by atoms with van der Waals surface area (Å²) in [7, 11) is 1.39. The van der Waals surface area contributed by atoms with Gasteiger partial charge in [0.05, 0.1) is 24.0 Å². The average Bonchev–Trinajstić information content (AvgIpc) is 3.03. The molecule has 134 valence electrons. The molecule has 0 atom stereocenters. The smallest absolute Gasteiger partial charge is 0.342 e.